The molecular formula is C10H19N3O. The minimum atomic E-state index is -0.223. The number of nitrogens with zero attached hydrogens (tertiary/aromatic N) is 2. The molecule has 1 unspecified atom stereocenters. The summed E-state index contributed by atoms with van der Waals surface area (Å²) in [5.74, 6) is 0. The molecule has 0 spiro atoms. The average molecular weight is 197 g/mol. The van der Waals surface area contributed by atoms with Crippen LogP contribution in [0.5, 0.6) is 0 Å². The van der Waals surface area contributed by atoms with E-state index in [9.17, 15) is 5.11 Å². The van der Waals surface area contributed by atoms with E-state index in [1.165, 1.54) is 0 Å². The number of hydrogen-bond donors (Lipinski definition) is 2. The van der Waals surface area contributed by atoms with Crippen LogP contribution in [0.3, 0.4) is 0 Å². The molecule has 1 aromatic heterocycles. The highest BCUT2D eigenvalue weighted by Crippen LogP contribution is 1.94. The van der Waals surface area contributed by atoms with E-state index in [2.05, 4.69) is 10.4 Å². The summed E-state index contributed by atoms with van der Waals surface area (Å²) in [6.07, 6.45) is 3.43. The van der Waals surface area contributed by atoms with Crippen molar-refractivity contribution in [2.75, 3.05) is 13.1 Å². The van der Waals surface area contributed by atoms with Crippen molar-refractivity contribution in [1.29, 1.82) is 0 Å². The van der Waals surface area contributed by atoms with Crippen LogP contribution in [0.25, 0.3) is 0 Å². The lowest BCUT2D eigenvalue weighted by atomic mass is 10.2. The number of aliphatic hydroxyl groups excluding tert-OH is 1. The van der Waals surface area contributed by atoms with Crippen molar-refractivity contribution in [3.05, 3.63) is 18.0 Å². The van der Waals surface area contributed by atoms with Gasteiger partial charge in [0, 0.05) is 32.8 Å². The average Bonchev–Trinajstić information content (AvgIpc) is 2.58. The number of aryl methyl sites for hydroxylation is 1. The molecule has 0 bridgehead atoms. The maximum absolute atomic E-state index is 9.28. The van der Waals surface area contributed by atoms with Crippen LogP contribution in [-0.4, -0.2) is 34.1 Å². The first-order valence-electron chi connectivity index (χ1n) is 5.09. The molecule has 0 aliphatic carbocycles. The molecule has 0 saturated heterocycles. The molecule has 0 aliphatic heterocycles. The predicted molar refractivity (Wildman–Crippen MR) is 56.1 cm³/mol. The molecule has 4 heteroatoms. The molecule has 0 saturated carbocycles. The summed E-state index contributed by atoms with van der Waals surface area (Å²) >= 11 is 0. The van der Waals surface area contributed by atoms with Gasteiger partial charge in [0.15, 0.2) is 0 Å². The predicted octanol–water partition coefficient (Wildman–Crippen LogP) is 0.323. The summed E-state index contributed by atoms with van der Waals surface area (Å²) in [4.78, 5) is 0. The van der Waals surface area contributed by atoms with E-state index >= 15 is 0 Å². The molecule has 0 amide bonds. The first kappa shape index (κ1) is 11.2. The van der Waals surface area contributed by atoms with Crippen molar-refractivity contribution in [3.63, 3.8) is 0 Å². The molecule has 1 atom stereocenters. The molecule has 1 rings (SSSR count). The summed E-state index contributed by atoms with van der Waals surface area (Å²) in [5.41, 5.74) is 1.09. The SMILES string of the molecule is CCC(O)CNCCc1ccn(C)n1. The van der Waals surface area contributed by atoms with E-state index in [0.29, 0.717) is 6.54 Å². The number of nitrogens with one attached hydrogen (secondary N) is 1. The van der Waals surface area contributed by atoms with Crippen LogP contribution >= 0.6 is 0 Å². The quantitative estimate of drug-likeness (QED) is 0.646. The maximum Gasteiger partial charge on any atom is 0.0662 e. The first-order chi connectivity index (χ1) is 6.72. The molecule has 0 fully saturated rings. The van der Waals surface area contributed by atoms with Gasteiger partial charge in [0.25, 0.3) is 0 Å². The van der Waals surface area contributed by atoms with Crippen LogP contribution in [0.15, 0.2) is 12.3 Å². The topological polar surface area (TPSA) is 50.1 Å². The minimum absolute atomic E-state index is 0.223. The Bertz CT molecular complexity index is 260. The molecular weight excluding hydrogens is 178 g/mol. The largest absolute Gasteiger partial charge is 0.392 e. The Morgan fingerprint density at radius 2 is 2.43 bits per heavy atom. The van der Waals surface area contributed by atoms with Gasteiger partial charge in [-0.25, -0.2) is 0 Å². The van der Waals surface area contributed by atoms with Crippen LogP contribution < -0.4 is 5.32 Å². The highest BCUT2D eigenvalue weighted by Gasteiger charge is 2.00. The summed E-state index contributed by atoms with van der Waals surface area (Å²) in [6, 6.07) is 2.01. The first-order valence-corrected chi connectivity index (χ1v) is 5.09. The molecule has 80 valence electrons. The third-order valence-corrected chi connectivity index (χ3v) is 2.18. The van der Waals surface area contributed by atoms with Gasteiger partial charge >= 0.3 is 0 Å². The van der Waals surface area contributed by atoms with E-state index in [1.807, 2.05) is 26.2 Å². The van der Waals surface area contributed by atoms with E-state index in [4.69, 9.17) is 0 Å². The smallest absolute Gasteiger partial charge is 0.0662 e. The van der Waals surface area contributed by atoms with E-state index in [0.717, 1.165) is 25.1 Å². The monoisotopic (exact) mass is 197 g/mol. The second kappa shape index (κ2) is 5.78. The highest BCUT2D eigenvalue weighted by molar-refractivity contribution is 4.98. The Balaban J connectivity index is 2.10. The van der Waals surface area contributed by atoms with Crippen molar-refractivity contribution in [2.24, 2.45) is 7.05 Å². The molecule has 14 heavy (non-hydrogen) atoms. The highest BCUT2D eigenvalue weighted by atomic mass is 16.3. The zero-order valence-electron chi connectivity index (χ0n) is 8.90. The van der Waals surface area contributed by atoms with E-state index in [1.54, 1.807) is 4.68 Å². The molecule has 0 aliphatic rings. The van der Waals surface area contributed by atoms with Crippen molar-refractivity contribution in [3.8, 4) is 0 Å². The lowest BCUT2D eigenvalue weighted by Gasteiger charge is -2.08. The fourth-order valence-corrected chi connectivity index (χ4v) is 1.23. The Hall–Kier alpha value is -0.870. The number of aliphatic hydroxyl groups is 1. The van der Waals surface area contributed by atoms with E-state index in [-0.39, 0.29) is 6.10 Å². The summed E-state index contributed by atoms with van der Waals surface area (Å²) in [5, 5.41) is 16.7. The normalized spacial score (nSPS) is 13.1. The van der Waals surface area contributed by atoms with E-state index < -0.39 is 0 Å². The van der Waals surface area contributed by atoms with Gasteiger partial charge in [0.05, 0.1) is 11.8 Å². The van der Waals surface area contributed by atoms with Gasteiger partial charge in [-0.15, -0.1) is 0 Å². The van der Waals surface area contributed by atoms with Crippen LogP contribution in [0.2, 0.25) is 0 Å². The van der Waals surface area contributed by atoms with Crippen molar-refractivity contribution in [1.82, 2.24) is 15.1 Å². The molecule has 2 N–H and O–H groups in total. The second-order valence-electron chi connectivity index (χ2n) is 3.50. The maximum atomic E-state index is 9.28. The lowest BCUT2D eigenvalue weighted by Crippen LogP contribution is -2.27. The Kier molecular flexibility index (Phi) is 4.62. The molecule has 1 heterocycles. The molecule has 0 radical (unpaired) electrons. The van der Waals surface area contributed by atoms with Crippen LogP contribution in [0, 0.1) is 0 Å². The van der Waals surface area contributed by atoms with Gasteiger partial charge in [-0.2, -0.15) is 5.10 Å². The standard InChI is InChI=1S/C10H19N3O/c1-3-10(14)8-11-6-4-9-5-7-13(2)12-9/h5,7,10-11,14H,3-4,6,8H2,1-2H3. The van der Waals surface area contributed by atoms with Crippen LogP contribution in [-0.2, 0) is 13.5 Å². The summed E-state index contributed by atoms with van der Waals surface area (Å²) in [7, 11) is 1.91. The van der Waals surface area contributed by atoms with Gasteiger partial charge < -0.3 is 10.4 Å². The minimum Gasteiger partial charge on any atom is -0.392 e. The lowest BCUT2D eigenvalue weighted by molar-refractivity contribution is 0.168. The molecule has 1 aromatic rings. The zero-order valence-corrected chi connectivity index (χ0v) is 8.90. The Morgan fingerprint density at radius 3 is 3.00 bits per heavy atom. The molecule has 0 aromatic carbocycles. The zero-order chi connectivity index (χ0) is 10.4. The third kappa shape index (κ3) is 3.89. The van der Waals surface area contributed by atoms with Gasteiger partial charge in [0.2, 0.25) is 0 Å². The fraction of sp³-hybridized carbons (Fsp3) is 0.700. The molecule has 4 nitrogen and oxygen atoms in total. The number of hydrogen-bond acceptors (Lipinski definition) is 3. The number of rotatable bonds is 6. The third-order valence-electron chi connectivity index (χ3n) is 2.18. The van der Waals surface area contributed by atoms with Gasteiger partial charge in [-0.1, -0.05) is 6.92 Å². The van der Waals surface area contributed by atoms with Crippen molar-refractivity contribution >= 4 is 0 Å². The second-order valence-corrected chi connectivity index (χ2v) is 3.50. The van der Waals surface area contributed by atoms with Crippen LogP contribution in [0.1, 0.15) is 19.0 Å². The van der Waals surface area contributed by atoms with Gasteiger partial charge in [0.1, 0.15) is 0 Å². The summed E-state index contributed by atoms with van der Waals surface area (Å²) in [6.45, 7) is 3.52. The number of aromatic nitrogens is 2. The van der Waals surface area contributed by atoms with Crippen LogP contribution in [0.4, 0.5) is 0 Å². The van der Waals surface area contributed by atoms with Crippen molar-refractivity contribution < 1.29 is 5.11 Å². The summed E-state index contributed by atoms with van der Waals surface area (Å²) < 4.78 is 1.80. The Morgan fingerprint density at radius 1 is 1.64 bits per heavy atom. The van der Waals surface area contributed by atoms with Crippen molar-refractivity contribution in [2.45, 2.75) is 25.9 Å². The fourth-order valence-electron chi connectivity index (χ4n) is 1.23. The Labute approximate surface area is 84.9 Å². The van der Waals surface area contributed by atoms with Gasteiger partial charge in [-0.05, 0) is 12.5 Å². The van der Waals surface area contributed by atoms with Gasteiger partial charge in [-0.3, -0.25) is 4.68 Å².